The molecule has 138 valence electrons. The van der Waals surface area contributed by atoms with Gasteiger partial charge in [-0.2, -0.15) is 0 Å². The number of amides is 1. The zero-order valence-corrected chi connectivity index (χ0v) is 16.7. The fourth-order valence-electron chi connectivity index (χ4n) is 2.89. The van der Waals surface area contributed by atoms with Crippen LogP contribution in [-0.4, -0.2) is 33.4 Å². The van der Waals surface area contributed by atoms with Crippen molar-refractivity contribution in [3.8, 4) is 0 Å². The molecule has 1 atom stereocenters. The second kappa shape index (κ2) is 8.77. The van der Waals surface area contributed by atoms with Gasteiger partial charge in [-0.15, -0.1) is 11.8 Å². The van der Waals surface area contributed by atoms with E-state index in [0.717, 1.165) is 35.5 Å². The van der Waals surface area contributed by atoms with Crippen LogP contribution in [0, 0.1) is 0 Å². The maximum absolute atomic E-state index is 12.9. The number of aryl methyl sites for hydroxylation is 1. The first-order valence-corrected chi connectivity index (χ1v) is 10.7. The number of thioether (sulfide) groups is 2. The molecule has 26 heavy (non-hydrogen) atoms. The Balaban J connectivity index is 1.73. The minimum atomic E-state index is -0.163. The van der Waals surface area contributed by atoms with E-state index >= 15 is 0 Å². The van der Waals surface area contributed by atoms with E-state index in [9.17, 15) is 9.59 Å². The van der Waals surface area contributed by atoms with Gasteiger partial charge in [-0.3, -0.25) is 9.59 Å². The van der Waals surface area contributed by atoms with Crippen molar-refractivity contribution in [2.75, 3.05) is 17.2 Å². The lowest BCUT2D eigenvalue weighted by atomic mass is 10.2. The van der Waals surface area contributed by atoms with Crippen LogP contribution in [0.5, 0.6) is 0 Å². The fourth-order valence-corrected chi connectivity index (χ4v) is 4.77. The number of carbonyl (C=O) groups is 1. The van der Waals surface area contributed by atoms with E-state index in [2.05, 4.69) is 29.9 Å². The fraction of sp³-hybridized carbons (Fsp3) is 0.421. The molecule has 0 bridgehead atoms. The van der Waals surface area contributed by atoms with E-state index in [1.54, 1.807) is 0 Å². The molecule has 2 aromatic rings. The van der Waals surface area contributed by atoms with E-state index < -0.39 is 0 Å². The van der Waals surface area contributed by atoms with Gasteiger partial charge in [0.15, 0.2) is 5.16 Å². The lowest BCUT2D eigenvalue weighted by Crippen LogP contribution is -2.33. The molecule has 0 unspecified atom stereocenters. The van der Waals surface area contributed by atoms with Gasteiger partial charge in [0.25, 0.3) is 5.56 Å². The van der Waals surface area contributed by atoms with Crippen LogP contribution in [0.15, 0.2) is 45.2 Å². The quantitative estimate of drug-likeness (QED) is 0.623. The average molecular weight is 390 g/mol. The molecule has 1 N–H and O–H groups in total. The Hall–Kier alpha value is -1.73. The van der Waals surface area contributed by atoms with Gasteiger partial charge in [-0.1, -0.05) is 44.2 Å². The SMILES string of the molecule is CCCc1cc(=O)[nH]c(SCC(=O)N2CC[C@H](C)Sc3ccccc32)n1. The van der Waals surface area contributed by atoms with Gasteiger partial charge in [0.05, 0.1) is 11.4 Å². The highest BCUT2D eigenvalue weighted by Gasteiger charge is 2.24. The van der Waals surface area contributed by atoms with Crippen molar-refractivity contribution in [2.24, 2.45) is 0 Å². The normalized spacial score (nSPS) is 16.8. The number of hydrogen-bond acceptors (Lipinski definition) is 5. The second-order valence-corrected chi connectivity index (χ2v) is 8.76. The summed E-state index contributed by atoms with van der Waals surface area (Å²) in [6.07, 6.45) is 2.65. The summed E-state index contributed by atoms with van der Waals surface area (Å²) < 4.78 is 0. The largest absolute Gasteiger partial charge is 0.311 e. The Morgan fingerprint density at radius 3 is 3.04 bits per heavy atom. The van der Waals surface area contributed by atoms with Crippen molar-refractivity contribution in [1.29, 1.82) is 0 Å². The Kier molecular flexibility index (Phi) is 6.43. The predicted molar refractivity (Wildman–Crippen MR) is 108 cm³/mol. The van der Waals surface area contributed by atoms with E-state index in [1.807, 2.05) is 34.9 Å². The number of anilines is 1. The average Bonchev–Trinajstić information content (AvgIpc) is 2.78. The molecule has 5 nitrogen and oxygen atoms in total. The van der Waals surface area contributed by atoms with Gasteiger partial charge in [0, 0.05) is 28.5 Å². The molecule has 0 saturated carbocycles. The van der Waals surface area contributed by atoms with Crippen LogP contribution >= 0.6 is 23.5 Å². The highest BCUT2D eigenvalue weighted by atomic mass is 32.2. The summed E-state index contributed by atoms with van der Waals surface area (Å²) in [4.78, 5) is 34.8. The summed E-state index contributed by atoms with van der Waals surface area (Å²) in [5, 5.41) is 0.991. The van der Waals surface area contributed by atoms with E-state index in [4.69, 9.17) is 0 Å². The first kappa shape index (κ1) is 19.0. The smallest absolute Gasteiger partial charge is 0.251 e. The summed E-state index contributed by atoms with van der Waals surface area (Å²) in [7, 11) is 0. The number of fused-ring (bicyclic) bond motifs is 1. The van der Waals surface area contributed by atoms with Gasteiger partial charge < -0.3 is 9.88 Å². The number of nitrogens with zero attached hydrogens (tertiary/aromatic N) is 2. The first-order valence-electron chi connectivity index (χ1n) is 8.86. The maximum atomic E-state index is 12.9. The minimum absolute atomic E-state index is 0.0423. The monoisotopic (exact) mass is 389 g/mol. The molecule has 0 fully saturated rings. The van der Waals surface area contributed by atoms with Gasteiger partial charge >= 0.3 is 0 Å². The molecule has 1 aromatic carbocycles. The number of H-pyrrole nitrogens is 1. The van der Waals surface area contributed by atoms with Crippen LogP contribution in [-0.2, 0) is 11.2 Å². The molecule has 3 rings (SSSR count). The van der Waals surface area contributed by atoms with Crippen LogP contribution in [0.3, 0.4) is 0 Å². The van der Waals surface area contributed by atoms with Crippen molar-refractivity contribution < 1.29 is 4.79 Å². The standard InChI is InChI=1S/C19H23N3O2S2/c1-3-6-14-11-17(23)21-19(20-14)25-12-18(24)22-10-9-13(2)26-16-8-5-4-7-15(16)22/h4-5,7-8,11,13H,3,6,9-10,12H2,1-2H3,(H,20,21,23)/t13-/m0/s1. The van der Waals surface area contributed by atoms with Gasteiger partial charge in [0.1, 0.15) is 0 Å². The molecule has 1 aliphatic rings. The molecule has 0 saturated heterocycles. The highest BCUT2D eigenvalue weighted by Crippen LogP contribution is 2.37. The van der Waals surface area contributed by atoms with Crippen molar-refractivity contribution in [1.82, 2.24) is 9.97 Å². The maximum Gasteiger partial charge on any atom is 0.251 e. The van der Waals surface area contributed by atoms with Crippen LogP contribution < -0.4 is 10.5 Å². The zero-order chi connectivity index (χ0) is 18.5. The summed E-state index contributed by atoms with van der Waals surface area (Å²) in [5.74, 6) is 0.298. The molecule has 0 aliphatic carbocycles. The molecule has 7 heteroatoms. The lowest BCUT2D eigenvalue weighted by Gasteiger charge is -2.22. The third-order valence-corrected chi connectivity index (χ3v) is 6.25. The predicted octanol–water partition coefficient (Wildman–Crippen LogP) is 3.73. The molecule has 0 spiro atoms. The molecular weight excluding hydrogens is 366 g/mol. The lowest BCUT2D eigenvalue weighted by molar-refractivity contribution is -0.116. The molecule has 1 amide bonds. The highest BCUT2D eigenvalue weighted by molar-refractivity contribution is 8.00. The Bertz CT molecular complexity index is 838. The van der Waals surface area contributed by atoms with Gasteiger partial charge in [-0.05, 0) is 25.0 Å². The Morgan fingerprint density at radius 2 is 2.23 bits per heavy atom. The number of aromatic amines is 1. The number of para-hydroxylation sites is 1. The van der Waals surface area contributed by atoms with E-state index in [-0.39, 0.29) is 17.2 Å². The van der Waals surface area contributed by atoms with Crippen LogP contribution in [0.4, 0.5) is 5.69 Å². The molecule has 0 radical (unpaired) electrons. The van der Waals surface area contributed by atoms with Crippen LogP contribution in [0.1, 0.15) is 32.4 Å². The first-order chi connectivity index (χ1) is 12.6. The topological polar surface area (TPSA) is 66.1 Å². The third-order valence-electron chi connectivity index (χ3n) is 4.16. The molecule has 1 aromatic heterocycles. The van der Waals surface area contributed by atoms with Crippen LogP contribution in [0.25, 0.3) is 0 Å². The number of nitrogens with one attached hydrogen (secondary N) is 1. The number of aromatic nitrogens is 2. The van der Waals surface area contributed by atoms with Crippen molar-refractivity contribution >= 4 is 35.1 Å². The Labute approximate surface area is 162 Å². The third kappa shape index (κ3) is 4.71. The number of benzene rings is 1. The van der Waals surface area contributed by atoms with Crippen LogP contribution in [0.2, 0.25) is 0 Å². The van der Waals surface area contributed by atoms with E-state index in [1.165, 1.54) is 17.8 Å². The number of rotatable bonds is 5. The molecule has 1 aliphatic heterocycles. The summed E-state index contributed by atoms with van der Waals surface area (Å²) in [6, 6.07) is 9.58. The molecular formula is C19H23N3O2S2. The summed E-state index contributed by atoms with van der Waals surface area (Å²) in [6.45, 7) is 4.96. The van der Waals surface area contributed by atoms with Gasteiger partial charge in [-0.25, -0.2) is 4.98 Å². The number of carbonyl (C=O) groups excluding carboxylic acids is 1. The summed E-state index contributed by atoms with van der Waals surface area (Å²) >= 11 is 3.11. The van der Waals surface area contributed by atoms with Gasteiger partial charge in [0.2, 0.25) is 5.91 Å². The molecule has 2 heterocycles. The Morgan fingerprint density at radius 1 is 1.42 bits per heavy atom. The van der Waals surface area contributed by atoms with Crippen molar-refractivity contribution in [3.63, 3.8) is 0 Å². The summed E-state index contributed by atoms with van der Waals surface area (Å²) in [5.41, 5.74) is 1.59. The van der Waals surface area contributed by atoms with Crippen molar-refractivity contribution in [3.05, 3.63) is 46.4 Å². The van der Waals surface area contributed by atoms with Crippen molar-refractivity contribution in [2.45, 2.75) is 48.4 Å². The zero-order valence-electron chi connectivity index (χ0n) is 15.0. The van der Waals surface area contributed by atoms with E-state index in [0.29, 0.717) is 17.0 Å². The number of hydrogen-bond donors (Lipinski definition) is 1. The minimum Gasteiger partial charge on any atom is -0.311 e. The second-order valence-electron chi connectivity index (χ2n) is 6.31.